The summed E-state index contributed by atoms with van der Waals surface area (Å²) in [7, 11) is 0. The van der Waals surface area contributed by atoms with Crippen molar-refractivity contribution < 1.29 is 0 Å². The average Bonchev–Trinajstić information content (AvgIpc) is 2.28. The molecule has 2 rings (SSSR count). The SMILES string of the molecule is CCS/C1=N/c2ccccc2SCCC1C. The van der Waals surface area contributed by atoms with E-state index in [2.05, 4.69) is 38.1 Å². The fourth-order valence-corrected chi connectivity index (χ4v) is 3.68. The van der Waals surface area contributed by atoms with Crippen molar-refractivity contribution in [3.05, 3.63) is 24.3 Å². The van der Waals surface area contributed by atoms with Crippen molar-refractivity contribution in [1.29, 1.82) is 0 Å². The third-order valence-electron chi connectivity index (χ3n) is 2.62. The molecule has 0 aromatic heterocycles. The van der Waals surface area contributed by atoms with Crippen molar-refractivity contribution in [3.63, 3.8) is 0 Å². The fourth-order valence-electron chi connectivity index (χ4n) is 1.69. The molecule has 16 heavy (non-hydrogen) atoms. The van der Waals surface area contributed by atoms with Gasteiger partial charge in [0.15, 0.2) is 0 Å². The lowest BCUT2D eigenvalue weighted by Crippen LogP contribution is -2.10. The van der Waals surface area contributed by atoms with Crippen molar-refractivity contribution in [2.45, 2.75) is 25.2 Å². The highest BCUT2D eigenvalue weighted by molar-refractivity contribution is 8.14. The first kappa shape index (κ1) is 12.1. The van der Waals surface area contributed by atoms with Crippen LogP contribution in [0.2, 0.25) is 0 Å². The lowest BCUT2D eigenvalue weighted by atomic mass is 10.1. The second kappa shape index (κ2) is 5.78. The van der Waals surface area contributed by atoms with Crippen LogP contribution in [0.3, 0.4) is 0 Å². The van der Waals surface area contributed by atoms with Crippen LogP contribution in [0.4, 0.5) is 5.69 Å². The zero-order valence-electron chi connectivity index (χ0n) is 9.77. The maximum atomic E-state index is 4.83. The van der Waals surface area contributed by atoms with Crippen molar-refractivity contribution in [3.8, 4) is 0 Å². The second-order valence-corrected chi connectivity index (χ2v) is 6.31. The van der Waals surface area contributed by atoms with Crippen LogP contribution in [-0.4, -0.2) is 16.5 Å². The van der Waals surface area contributed by atoms with E-state index in [9.17, 15) is 0 Å². The van der Waals surface area contributed by atoms with E-state index in [4.69, 9.17) is 4.99 Å². The van der Waals surface area contributed by atoms with E-state index in [0.717, 1.165) is 11.4 Å². The van der Waals surface area contributed by atoms with Crippen LogP contribution in [0.15, 0.2) is 34.2 Å². The van der Waals surface area contributed by atoms with Crippen molar-refractivity contribution in [1.82, 2.24) is 0 Å². The molecule has 1 aliphatic rings. The average molecular weight is 251 g/mol. The van der Waals surface area contributed by atoms with Gasteiger partial charge in [-0.25, -0.2) is 4.99 Å². The first-order chi connectivity index (χ1) is 7.81. The number of thioether (sulfide) groups is 2. The molecule has 1 aliphatic heterocycles. The number of para-hydroxylation sites is 1. The molecule has 0 amide bonds. The minimum atomic E-state index is 0.603. The Kier molecular flexibility index (Phi) is 4.36. The third kappa shape index (κ3) is 2.83. The van der Waals surface area contributed by atoms with E-state index in [1.165, 1.54) is 22.1 Å². The Morgan fingerprint density at radius 3 is 3.06 bits per heavy atom. The minimum Gasteiger partial charge on any atom is -0.245 e. The Morgan fingerprint density at radius 1 is 1.44 bits per heavy atom. The van der Waals surface area contributed by atoms with Gasteiger partial charge in [-0.15, -0.1) is 23.5 Å². The Hall–Kier alpha value is -0.410. The van der Waals surface area contributed by atoms with E-state index in [0.29, 0.717) is 5.92 Å². The van der Waals surface area contributed by atoms with E-state index in [1.54, 1.807) is 0 Å². The smallest absolute Gasteiger partial charge is 0.0775 e. The Balaban J connectivity index is 2.36. The predicted octanol–water partition coefficient (Wildman–Crippen LogP) is 4.60. The number of hydrogen-bond donors (Lipinski definition) is 0. The van der Waals surface area contributed by atoms with Gasteiger partial charge in [-0.05, 0) is 30.1 Å². The monoisotopic (exact) mass is 251 g/mol. The number of hydrogen-bond acceptors (Lipinski definition) is 3. The summed E-state index contributed by atoms with van der Waals surface area (Å²) < 4.78 is 0. The number of nitrogens with zero attached hydrogens (tertiary/aromatic N) is 1. The molecule has 86 valence electrons. The molecule has 1 heterocycles. The van der Waals surface area contributed by atoms with Crippen LogP contribution in [-0.2, 0) is 0 Å². The first-order valence-electron chi connectivity index (χ1n) is 5.74. The van der Waals surface area contributed by atoms with Gasteiger partial charge in [0.2, 0.25) is 0 Å². The summed E-state index contributed by atoms with van der Waals surface area (Å²) in [5.41, 5.74) is 1.15. The molecule has 1 unspecified atom stereocenters. The standard InChI is InChI=1S/C13H17NS2/c1-3-15-13-10(2)8-9-16-12-7-5-4-6-11(12)14-13/h4-7,10H,3,8-9H2,1-2H3/b14-13+. The van der Waals surface area contributed by atoms with Gasteiger partial charge in [0, 0.05) is 10.8 Å². The number of fused-ring (bicyclic) bond motifs is 1. The lowest BCUT2D eigenvalue weighted by molar-refractivity contribution is 0.756. The molecule has 1 aromatic rings. The van der Waals surface area contributed by atoms with Crippen molar-refractivity contribution >= 4 is 34.3 Å². The molecule has 0 aliphatic carbocycles. The van der Waals surface area contributed by atoms with Crippen LogP contribution in [0.1, 0.15) is 20.3 Å². The van der Waals surface area contributed by atoms with Crippen LogP contribution >= 0.6 is 23.5 Å². The lowest BCUT2D eigenvalue weighted by Gasteiger charge is -2.18. The summed E-state index contributed by atoms with van der Waals surface area (Å²) in [5, 5.41) is 1.30. The summed E-state index contributed by atoms with van der Waals surface area (Å²) in [4.78, 5) is 6.15. The summed E-state index contributed by atoms with van der Waals surface area (Å²) in [6, 6.07) is 8.47. The zero-order chi connectivity index (χ0) is 11.4. The van der Waals surface area contributed by atoms with Crippen LogP contribution in [0, 0.1) is 5.92 Å². The highest BCUT2D eigenvalue weighted by Gasteiger charge is 2.15. The number of rotatable bonds is 1. The van der Waals surface area contributed by atoms with Crippen LogP contribution in [0.5, 0.6) is 0 Å². The maximum absolute atomic E-state index is 4.83. The van der Waals surface area contributed by atoms with Gasteiger partial charge in [0.25, 0.3) is 0 Å². The van der Waals surface area contributed by atoms with E-state index < -0.39 is 0 Å². The van der Waals surface area contributed by atoms with Gasteiger partial charge in [0.05, 0.1) is 10.7 Å². The summed E-state index contributed by atoms with van der Waals surface area (Å²) >= 11 is 3.82. The summed E-state index contributed by atoms with van der Waals surface area (Å²) in [6.07, 6.45) is 1.23. The Bertz CT molecular complexity index is 387. The molecule has 1 nitrogen and oxygen atoms in total. The summed E-state index contributed by atoms with van der Waals surface area (Å²) in [5.74, 6) is 2.91. The molecular weight excluding hydrogens is 234 g/mol. The highest BCUT2D eigenvalue weighted by Crippen LogP contribution is 2.35. The molecule has 0 fully saturated rings. The van der Waals surface area contributed by atoms with Gasteiger partial charge in [0.1, 0.15) is 0 Å². The van der Waals surface area contributed by atoms with Gasteiger partial charge < -0.3 is 0 Å². The number of benzene rings is 1. The predicted molar refractivity (Wildman–Crippen MR) is 76.2 cm³/mol. The summed E-state index contributed by atoms with van der Waals surface area (Å²) in [6.45, 7) is 4.48. The van der Waals surface area contributed by atoms with E-state index >= 15 is 0 Å². The van der Waals surface area contributed by atoms with Crippen molar-refractivity contribution in [2.24, 2.45) is 10.9 Å². The zero-order valence-corrected chi connectivity index (χ0v) is 11.4. The molecule has 0 N–H and O–H groups in total. The molecule has 0 saturated heterocycles. The van der Waals surface area contributed by atoms with Crippen LogP contribution < -0.4 is 0 Å². The molecule has 0 bridgehead atoms. The van der Waals surface area contributed by atoms with E-state index in [1.807, 2.05) is 23.5 Å². The minimum absolute atomic E-state index is 0.603. The largest absolute Gasteiger partial charge is 0.245 e. The molecule has 1 atom stereocenters. The quantitative estimate of drug-likeness (QED) is 0.723. The van der Waals surface area contributed by atoms with Gasteiger partial charge in [-0.3, -0.25) is 0 Å². The molecule has 0 radical (unpaired) electrons. The molecule has 0 saturated carbocycles. The maximum Gasteiger partial charge on any atom is 0.0775 e. The van der Waals surface area contributed by atoms with Gasteiger partial charge in [-0.1, -0.05) is 26.0 Å². The topological polar surface area (TPSA) is 12.4 Å². The van der Waals surface area contributed by atoms with Crippen LogP contribution in [0.25, 0.3) is 0 Å². The van der Waals surface area contributed by atoms with E-state index in [-0.39, 0.29) is 0 Å². The molecule has 3 heteroatoms. The second-order valence-electron chi connectivity index (χ2n) is 3.89. The fraction of sp³-hybridized carbons (Fsp3) is 0.462. The molecule has 1 aromatic carbocycles. The Labute approximate surface area is 106 Å². The molecular formula is C13H17NS2. The third-order valence-corrected chi connectivity index (χ3v) is 4.79. The first-order valence-corrected chi connectivity index (χ1v) is 7.71. The number of aliphatic imine (C=N–C) groups is 1. The highest BCUT2D eigenvalue weighted by atomic mass is 32.2. The van der Waals surface area contributed by atoms with Gasteiger partial charge >= 0.3 is 0 Å². The Morgan fingerprint density at radius 2 is 2.25 bits per heavy atom. The normalized spacial score (nSPS) is 23.9. The molecule has 0 spiro atoms. The van der Waals surface area contributed by atoms with Gasteiger partial charge in [-0.2, -0.15) is 0 Å². The van der Waals surface area contributed by atoms with Crippen molar-refractivity contribution in [2.75, 3.05) is 11.5 Å².